The minimum Gasteiger partial charge on any atom is -0.462 e. The summed E-state index contributed by atoms with van der Waals surface area (Å²) in [6, 6.07) is 11.2. The Morgan fingerprint density at radius 2 is 1.93 bits per heavy atom. The largest absolute Gasteiger partial charge is 0.462 e. The Morgan fingerprint density at radius 3 is 2.59 bits per heavy atom. The molecule has 8 heteroatoms. The van der Waals surface area contributed by atoms with Crippen LogP contribution in [0.1, 0.15) is 33.4 Å². The summed E-state index contributed by atoms with van der Waals surface area (Å²) in [6.45, 7) is 3.39. The van der Waals surface area contributed by atoms with E-state index in [4.69, 9.17) is 14.9 Å². The van der Waals surface area contributed by atoms with Crippen LogP contribution in [0.25, 0.3) is 11.3 Å². The van der Waals surface area contributed by atoms with Crippen molar-refractivity contribution in [1.29, 1.82) is 0 Å². The van der Waals surface area contributed by atoms with E-state index in [1.165, 1.54) is 6.33 Å². The fraction of sp³-hybridized carbons (Fsp3) is 0.158. The van der Waals surface area contributed by atoms with E-state index in [1.807, 2.05) is 30.3 Å². The number of aromatic nitrogens is 2. The molecule has 138 valence electrons. The molecule has 3 N–H and O–H groups in total. The van der Waals surface area contributed by atoms with Crippen molar-refractivity contribution >= 4 is 23.6 Å². The first-order chi connectivity index (χ1) is 13.0. The molecular formula is C19H18N4O4. The molecule has 8 nitrogen and oxygen atoms in total. The quantitative estimate of drug-likeness (QED) is 0.643. The molecule has 3 aromatic rings. The van der Waals surface area contributed by atoms with Gasteiger partial charge in [0, 0.05) is 11.6 Å². The normalized spacial score (nSPS) is 10.4. The molecular weight excluding hydrogens is 348 g/mol. The van der Waals surface area contributed by atoms with Gasteiger partial charge in [0.2, 0.25) is 5.88 Å². The summed E-state index contributed by atoms with van der Waals surface area (Å²) in [5.74, 6) is -0.846. The summed E-state index contributed by atoms with van der Waals surface area (Å²) in [7, 11) is 0. The maximum atomic E-state index is 12.2. The molecule has 0 spiro atoms. The van der Waals surface area contributed by atoms with Crippen LogP contribution < -0.4 is 11.1 Å². The molecule has 0 fully saturated rings. The van der Waals surface area contributed by atoms with E-state index in [0.29, 0.717) is 11.5 Å². The number of primary amides is 1. The van der Waals surface area contributed by atoms with Gasteiger partial charge in [0.25, 0.3) is 5.91 Å². The number of aryl methyl sites for hydroxylation is 1. The van der Waals surface area contributed by atoms with Crippen molar-refractivity contribution in [3.8, 4) is 11.3 Å². The van der Waals surface area contributed by atoms with Crippen molar-refractivity contribution in [3.63, 3.8) is 0 Å². The Labute approximate surface area is 155 Å². The molecule has 0 radical (unpaired) electrons. The summed E-state index contributed by atoms with van der Waals surface area (Å²) in [6.07, 6.45) is 1.39. The smallest absolute Gasteiger partial charge is 0.342 e. The average molecular weight is 366 g/mol. The van der Waals surface area contributed by atoms with Crippen LogP contribution >= 0.6 is 0 Å². The Hall–Kier alpha value is -3.68. The van der Waals surface area contributed by atoms with E-state index in [0.717, 1.165) is 5.56 Å². The number of anilines is 2. The molecule has 1 amide bonds. The Bertz CT molecular complexity index is 983. The van der Waals surface area contributed by atoms with Crippen LogP contribution in [0.3, 0.4) is 0 Å². The zero-order valence-corrected chi connectivity index (χ0v) is 14.9. The lowest BCUT2D eigenvalue weighted by molar-refractivity contribution is 0.0521. The van der Waals surface area contributed by atoms with Crippen LogP contribution in [0.4, 0.5) is 11.7 Å². The van der Waals surface area contributed by atoms with Gasteiger partial charge in [-0.3, -0.25) is 4.79 Å². The van der Waals surface area contributed by atoms with Gasteiger partial charge in [-0.15, -0.1) is 0 Å². The lowest BCUT2D eigenvalue weighted by atomic mass is 10.1. The molecule has 0 atom stereocenters. The van der Waals surface area contributed by atoms with Gasteiger partial charge >= 0.3 is 5.97 Å². The van der Waals surface area contributed by atoms with E-state index < -0.39 is 11.9 Å². The number of carbonyl (C=O) groups is 2. The van der Waals surface area contributed by atoms with Crippen molar-refractivity contribution in [2.75, 3.05) is 11.9 Å². The number of hydrogen-bond acceptors (Lipinski definition) is 7. The summed E-state index contributed by atoms with van der Waals surface area (Å²) in [5, 5.41) is 2.90. The molecule has 1 aromatic carbocycles. The summed E-state index contributed by atoms with van der Waals surface area (Å²) < 4.78 is 10.5. The van der Waals surface area contributed by atoms with Gasteiger partial charge in [-0.05, 0) is 13.8 Å². The molecule has 0 saturated carbocycles. The lowest BCUT2D eigenvalue weighted by Gasteiger charge is -2.06. The van der Waals surface area contributed by atoms with Crippen LogP contribution in [0.5, 0.6) is 0 Å². The van der Waals surface area contributed by atoms with Gasteiger partial charge < -0.3 is 20.2 Å². The standard InChI is InChI=1S/C19H18N4O4/c1-3-26-19(25)15-11(2)27-18(16(15)17(20)24)23-14-9-13(21-10-22-14)12-7-5-4-6-8-12/h4-10H,3H2,1-2H3,(H2,20,24)(H,21,22,23). The Balaban J connectivity index is 1.98. The van der Waals surface area contributed by atoms with Crippen LogP contribution in [0.2, 0.25) is 0 Å². The van der Waals surface area contributed by atoms with Gasteiger partial charge in [-0.25, -0.2) is 14.8 Å². The van der Waals surface area contributed by atoms with Crippen molar-refractivity contribution in [1.82, 2.24) is 9.97 Å². The van der Waals surface area contributed by atoms with E-state index >= 15 is 0 Å². The number of amides is 1. The number of benzene rings is 1. The van der Waals surface area contributed by atoms with E-state index in [9.17, 15) is 9.59 Å². The third kappa shape index (κ3) is 3.79. The minimum absolute atomic E-state index is 0.00388. The number of esters is 1. The topological polar surface area (TPSA) is 120 Å². The number of rotatable bonds is 6. The Morgan fingerprint density at radius 1 is 1.19 bits per heavy atom. The monoisotopic (exact) mass is 366 g/mol. The predicted molar refractivity (Wildman–Crippen MR) is 98.7 cm³/mol. The fourth-order valence-corrected chi connectivity index (χ4v) is 2.63. The maximum absolute atomic E-state index is 12.2. The first-order valence-electron chi connectivity index (χ1n) is 8.26. The van der Waals surface area contributed by atoms with Gasteiger partial charge in [-0.1, -0.05) is 30.3 Å². The molecule has 0 aliphatic heterocycles. The summed E-state index contributed by atoms with van der Waals surface area (Å²) in [5.41, 5.74) is 6.97. The second-order valence-corrected chi connectivity index (χ2v) is 5.60. The first kappa shape index (κ1) is 18.1. The SMILES string of the molecule is CCOC(=O)c1c(C)oc(Nc2cc(-c3ccccc3)ncn2)c1C(N)=O. The van der Waals surface area contributed by atoms with Gasteiger partial charge in [0.15, 0.2) is 0 Å². The molecule has 2 aromatic heterocycles. The molecule has 3 rings (SSSR count). The maximum Gasteiger partial charge on any atom is 0.342 e. The van der Waals surface area contributed by atoms with Gasteiger partial charge in [-0.2, -0.15) is 0 Å². The molecule has 0 saturated heterocycles. The zero-order valence-electron chi connectivity index (χ0n) is 14.9. The van der Waals surface area contributed by atoms with Crippen LogP contribution in [0.15, 0.2) is 47.1 Å². The van der Waals surface area contributed by atoms with Crippen molar-refractivity contribution in [2.45, 2.75) is 13.8 Å². The zero-order chi connectivity index (χ0) is 19.4. The second-order valence-electron chi connectivity index (χ2n) is 5.60. The number of nitrogens with two attached hydrogens (primary N) is 1. The number of furan rings is 1. The number of hydrogen-bond donors (Lipinski definition) is 2. The summed E-state index contributed by atoms with van der Waals surface area (Å²) in [4.78, 5) is 32.4. The number of ether oxygens (including phenoxy) is 1. The third-order valence-corrected chi connectivity index (χ3v) is 3.79. The molecule has 2 heterocycles. The van der Waals surface area contributed by atoms with E-state index in [2.05, 4.69) is 15.3 Å². The van der Waals surface area contributed by atoms with Crippen molar-refractivity contribution in [2.24, 2.45) is 5.73 Å². The van der Waals surface area contributed by atoms with Crippen molar-refractivity contribution in [3.05, 3.63) is 59.6 Å². The number of nitrogens with one attached hydrogen (secondary N) is 1. The average Bonchev–Trinajstić information content (AvgIpc) is 2.99. The molecule has 27 heavy (non-hydrogen) atoms. The Kier molecular flexibility index (Phi) is 5.16. The van der Waals surface area contributed by atoms with Gasteiger partial charge in [0.1, 0.15) is 29.0 Å². The lowest BCUT2D eigenvalue weighted by Crippen LogP contribution is -2.18. The molecule has 0 unspecified atom stereocenters. The molecule has 0 bridgehead atoms. The molecule has 0 aliphatic carbocycles. The number of carbonyl (C=O) groups excluding carboxylic acids is 2. The second kappa shape index (κ2) is 7.69. The van der Waals surface area contributed by atoms with Crippen molar-refractivity contribution < 1.29 is 18.7 Å². The highest BCUT2D eigenvalue weighted by molar-refractivity contribution is 6.09. The van der Waals surface area contributed by atoms with Gasteiger partial charge in [0.05, 0.1) is 12.3 Å². The highest BCUT2D eigenvalue weighted by atomic mass is 16.5. The number of nitrogens with zero attached hydrogens (tertiary/aromatic N) is 2. The highest BCUT2D eigenvalue weighted by Crippen LogP contribution is 2.30. The molecule has 0 aliphatic rings. The highest BCUT2D eigenvalue weighted by Gasteiger charge is 2.28. The summed E-state index contributed by atoms with van der Waals surface area (Å²) >= 11 is 0. The fourth-order valence-electron chi connectivity index (χ4n) is 2.63. The van der Waals surface area contributed by atoms with Crippen LogP contribution in [-0.4, -0.2) is 28.5 Å². The van der Waals surface area contributed by atoms with E-state index in [-0.39, 0.29) is 29.4 Å². The first-order valence-corrected chi connectivity index (χ1v) is 8.26. The van der Waals surface area contributed by atoms with Crippen LogP contribution in [-0.2, 0) is 4.74 Å². The predicted octanol–water partition coefficient (Wildman–Crippen LogP) is 3.06. The third-order valence-electron chi connectivity index (χ3n) is 3.79. The minimum atomic E-state index is -0.810. The van der Waals surface area contributed by atoms with Crippen LogP contribution in [0, 0.1) is 6.92 Å². The van der Waals surface area contributed by atoms with E-state index in [1.54, 1.807) is 19.9 Å².